The second-order valence-corrected chi connectivity index (χ2v) is 32.8. The summed E-state index contributed by atoms with van der Waals surface area (Å²) in [6, 6.07) is 44.9. The molecule has 14 rings (SSSR count). The molecule has 0 saturated carbocycles. The molecule has 13 aromatic rings. The van der Waals surface area contributed by atoms with Gasteiger partial charge in [-0.05, 0) is 224 Å². The van der Waals surface area contributed by atoms with Gasteiger partial charge >= 0.3 is 38.4 Å². The first-order valence-electron chi connectivity index (χ1n) is 34.1. The van der Waals surface area contributed by atoms with E-state index in [1.165, 1.54) is 68.8 Å². The lowest BCUT2D eigenvalue weighted by Gasteiger charge is -2.18. The van der Waals surface area contributed by atoms with Gasteiger partial charge in [-0.1, -0.05) is 92.0 Å². The molecule has 4 aromatic heterocycles. The Balaban J connectivity index is 0.000000166. The van der Waals surface area contributed by atoms with Crippen molar-refractivity contribution in [1.82, 2.24) is 48.7 Å². The zero-order valence-corrected chi connectivity index (χ0v) is 70.4. The van der Waals surface area contributed by atoms with Crippen molar-refractivity contribution < 1.29 is 80.4 Å². The van der Waals surface area contributed by atoms with Crippen molar-refractivity contribution in [2.24, 2.45) is 0 Å². The SMILES string of the molecule is CC1(C)C(=O)N(Cl)C(=O)N1Cl.Cc1cc(C(F)(F)F)ccc1O[B]O.Cc1nc(-c2ccc(C(F)(F)F)cc2C)c2ccc(Br)cc2n1.Cc1nc(-c2ccc(C(F)(F)F)cc2C)c2ccc(S(=O)(=O)Cl)cc2n1.Cc1nc(-c2ccc(C(F)(F)F)cc2C)c2ccc(SCc3ccccc3)cc2n1.Cc1nc(Cl)c2ccc(Br)cc2n1. The van der Waals surface area contributed by atoms with Crippen molar-refractivity contribution in [2.75, 3.05) is 0 Å². The molecule has 1 aliphatic rings. The number of alkyl halides is 12. The first kappa shape index (κ1) is 91.6. The van der Waals surface area contributed by atoms with E-state index in [1.54, 1.807) is 53.3 Å². The molecule has 117 heavy (non-hydrogen) atoms. The number of nitrogens with zero attached hydrogens (tertiary/aromatic N) is 10. The Morgan fingerprint density at radius 2 is 0.838 bits per heavy atom. The van der Waals surface area contributed by atoms with Gasteiger partial charge in [-0.25, -0.2) is 57.5 Å². The molecule has 0 unspecified atom stereocenters. The maximum absolute atomic E-state index is 13.0. The van der Waals surface area contributed by atoms with Crippen LogP contribution >= 0.6 is 89.5 Å². The van der Waals surface area contributed by atoms with Gasteiger partial charge in [0.15, 0.2) is 0 Å². The molecule has 0 atom stereocenters. The van der Waals surface area contributed by atoms with Crippen LogP contribution in [-0.2, 0) is 44.3 Å². The zero-order valence-electron chi connectivity index (χ0n) is 62.6. The number of imide groups is 1. The lowest BCUT2D eigenvalue weighted by molar-refractivity contribution is -0.138. The minimum atomic E-state index is -4.43. The number of carbonyl (C=O) groups excluding carboxylic acids is 2. The molecular formula is C80H62BBr2Cl4F12N10O6S2. The highest BCUT2D eigenvalue weighted by atomic mass is 79.9. The van der Waals surface area contributed by atoms with Crippen molar-refractivity contribution in [1.29, 1.82) is 0 Å². The van der Waals surface area contributed by atoms with Crippen molar-refractivity contribution in [3.05, 3.63) is 263 Å². The molecule has 37 heteroatoms. The predicted octanol–water partition coefficient (Wildman–Crippen LogP) is 24.4. The Hall–Kier alpha value is -9.32. The van der Waals surface area contributed by atoms with Gasteiger partial charge in [0.1, 0.15) is 39.7 Å². The molecule has 9 aromatic carbocycles. The molecule has 1 radical (unpaired) electrons. The van der Waals surface area contributed by atoms with E-state index >= 15 is 0 Å². The molecule has 1 aliphatic heterocycles. The number of aryl methyl sites for hydroxylation is 8. The summed E-state index contributed by atoms with van der Waals surface area (Å²) < 4.78 is 184. The lowest BCUT2D eigenvalue weighted by atomic mass is 9.99. The normalized spacial score (nSPS) is 12.9. The maximum Gasteiger partial charge on any atom is 0.569 e. The quantitative estimate of drug-likeness (QED) is 0.0271. The van der Waals surface area contributed by atoms with E-state index in [0.717, 1.165) is 105 Å². The van der Waals surface area contributed by atoms with Crippen LogP contribution in [-0.4, -0.2) is 87.3 Å². The van der Waals surface area contributed by atoms with Crippen LogP contribution < -0.4 is 4.65 Å². The van der Waals surface area contributed by atoms with E-state index in [0.29, 0.717) is 107 Å². The minimum Gasteiger partial charge on any atom is -0.537 e. The fourth-order valence-corrected chi connectivity index (χ4v) is 14.6. The van der Waals surface area contributed by atoms with Crippen LogP contribution in [0.3, 0.4) is 0 Å². The molecule has 0 bridgehead atoms. The van der Waals surface area contributed by atoms with E-state index in [9.17, 15) is 70.7 Å². The van der Waals surface area contributed by atoms with Gasteiger partial charge in [0.25, 0.3) is 15.0 Å². The second-order valence-electron chi connectivity index (χ2n) is 26.3. The first-order chi connectivity index (χ1) is 54.5. The topological polar surface area (TPSA) is 207 Å². The summed E-state index contributed by atoms with van der Waals surface area (Å²) in [6.07, 6.45) is -17.5. The lowest BCUT2D eigenvalue weighted by Crippen LogP contribution is -2.38. The Morgan fingerprint density at radius 1 is 0.470 bits per heavy atom. The number of hydrogen-bond acceptors (Lipinski definition) is 15. The van der Waals surface area contributed by atoms with Gasteiger partial charge < -0.3 is 9.68 Å². The van der Waals surface area contributed by atoms with Crippen molar-refractivity contribution >= 4 is 162 Å². The summed E-state index contributed by atoms with van der Waals surface area (Å²) in [5.74, 6) is 2.74. The van der Waals surface area contributed by atoms with Gasteiger partial charge in [-0.2, -0.15) is 57.1 Å². The van der Waals surface area contributed by atoms with Crippen molar-refractivity contribution in [3.8, 4) is 39.5 Å². The van der Waals surface area contributed by atoms with Crippen molar-refractivity contribution in [2.45, 2.75) is 115 Å². The molecule has 609 valence electrons. The maximum atomic E-state index is 13.0. The summed E-state index contributed by atoms with van der Waals surface area (Å²) >= 11 is 25.2. The predicted molar refractivity (Wildman–Crippen MR) is 437 cm³/mol. The summed E-state index contributed by atoms with van der Waals surface area (Å²) in [6.45, 7) is 16.4. The molecule has 3 amide bonds. The highest BCUT2D eigenvalue weighted by Crippen LogP contribution is 2.41. The molecule has 1 fully saturated rings. The Bertz CT molecular complexity index is 6040. The molecule has 0 spiro atoms. The third kappa shape index (κ3) is 23.2. The number of aromatic nitrogens is 8. The summed E-state index contributed by atoms with van der Waals surface area (Å²) in [5, 5.41) is 11.8. The van der Waals surface area contributed by atoms with Crippen LogP contribution in [0, 0.1) is 55.4 Å². The minimum absolute atomic E-state index is 0.111. The number of fused-ring (bicyclic) bond motifs is 4. The first-order valence-corrected chi connectivity index (χ1v) is 40.0. The highest BCUT2D eigenvalue weighted by molar-refractivity contribution is 9.10. The fraction of sp³-hybridized carbons (Fsp3) is 0.200. The molecular weight excluding hydrogens is 1800 g/mol. The summed E-state index contributed by atoms with van der Waals surface area (Å²) in [5.41, 5.74) is 5.52. The summed E-state index contributed by atoms with van der Waals surface area (Å²) in [7, 11) is 1.86. The molecule has 5 heterocycles. The molecule has 1 N–H and O–H groups in total. The Labute approximate surface area is 703 Å². The van der Waals surface area contributed by atoms with Crippen LogP contribution in [0.1, 0.15) is 87.2 Å². The fourth-order valence-electron chi connectivity index (χ4n) is 11.5. The number of benzene rings is 9. The Kier molecular flexibility index (Phi) is 29.2. The Morgan fingerprint density at radius 3 is 1.21 bits per heavy atom. The van der Waals surface area contributed by atoms with E-state index in [2.05, 4.69) is 88.5 Å². The van der Waals surface area contributed by atoms with Crippen LogP contribution in [0.4, 0.5) is 57.5 Å². The molecule has 0 aliphatic carbocycles. The third-order valence-corrected chi connectivity index (χ3v) is 21.8. The number of carbonyl (C=O) groups is 2. The van der Waals surface area contributed by atoms with Gasteiger partial charge in [-0.3, -0.25) is 4.79 Å². The number of urea groups is 1. The number of amides is 3. The molecule has 16 nitrogen and oxygen atoms in total. The largest absolute Gasteiger partial charge is 0.569 e. The van der Waals surface area contributed by atoms with Crippen LogP contribution in [0.5, 0.6) is 5.75 Å². The monoisotopic (exact) mass is 1860 g/mol. The smallest absolute Gasteiger partial charge is 0.537 e. The van der Waals surface area contributed by atoms with Gasteiger partial charge in [0.2, 0.25) is 0 Å². The average molecular weight is 1860 g/mol. The van der Waals surface area contributed by atoms with E-state index in [1.807, 2.05) is 79.7 Å². The highest BCUT2D eigenvalue weighted by Gasteiger charge is 2.51. The average Bonchev–Trinajstić information content (AvgIpc) is 1.78. The number of halogens is 18. The van der Waals surface area contributed by atoms with Crippen LogP contribution in [0.2, 0.25) is 5.15 Å². The second kappa shape index (κ2) is 37.3. The van der Waals surface area contributed by atoms with Gasteiger partial charge in [-0.15, -0.1) is 11.8 Å². The van der Waals surface area contributed by atoms with E-state index in [-0.39, 0.29) is 10.6 Å². The van der Waals surface area contributed by atoms with E-state index in [4.69, 9.17) is 50.9 Å². The zero-order chi connectivity index (χ0) is 86.4. The molecule has 1 saturated heterocycles. The number of hydrogen-bond donors (Lipinski definition) is 1. The van der Waals surface area contributed by atoms with Gasteiger partial charge in [0, 0.05) is 92.1 Å². The van der Waals surface area contributed by atoms with Crippen molar-refractivity contribution in [3.63, 3.8) is 0 Å². The van der Waals surface area contributed by atoms with Crippen LogP contribution in [0.15, 0.2) is 195 Å². The number of rotatable bonds is 9. The van der Waals surface area contributed by atoms with Gasteiger partial charge in [0.05, 0.1) is 66.3 Å². The standard InChI is InChI=1S/C24H19F3N2S.C17H12BrF3N2.C17H12ClF3N2O2S.C9H6BrClN2.C8H7BF3O2.C5H6Cl2N2O2/c1-15-12-18(24(25,26)27)8-10-20(15)23-21-11-9-19(13-22(21)28-16(2)29-23)30-14-17-6-4-3-5-7-17;1-9-7-11(17(19,20)21)3-5-13(9)16-14-6-4-12(18)8-15(14)22-10(2)23-16;1-9-7-11(17(19,20)21)3-5-13(9)16-14-6-4-12(26(18,24)25)8-15(14)22-10(2)23-16;1-5-12-8-4-6(10)2-3-7(8)9(11)13-5;1-5-4-6(8(10,11)12)2-3-7(5)14-9-13;1-5(2)3(10)8(6)4(11)9(5)7/h3-13H,14H2,1-2H3;3-8H,1-2H3;3-8H,1-2H3;2-4H,1H3;2-4,13H,1H3;1-2H3. The number of thioether (sulfide) groups is 1. The van der Waals surface area contributed by atoms with E-state index < -0.39 is 73.5 Å². The van der Waals surface area contributed by atoms with Crippen LogP contribution in [0.25, 0.3) is 77.4 Å². The third-order valence-electron chi connectivity index (χ3n) is 17.2. The summed E-state index contributed by atoms with van der Waals surface area (Å²) in [4.78, 5) is 57.8.